The van der Waals surface area contributed by atoms with Gasteiger partial charge in [-0.3, -0.25) is 9.59 Å². The molecule has 1 N–H and O–H groups in total. The summed E-state index contributed by atoms with van der Waals surface area (Å²) in [4.78, 5) is 34.5. The highest BCUT2D eigenvalue weighted by molar-refractivity contribution is 6.04. The molecule has 0 fully saturated rings. The summed E-state index contributed by atoms with van der Waals surface area (Å²) in [6, 6.07) is 4.62. The first kappa shape index (κ1) is 17.0. The standard InChI is InChI=1S/C15H14F3NO4/c1-23-14(22)10-4-2-3-9-8(7-12(21)19-13(9)10)5-6-11(20)15(16,17)18/h2-4,8H,5-7H2,1H3,(H,19,21). The van der Waals surface area contributed by atoms with Crippen molar-refractivity contribution >= 4 is 23.3 Å². The van der Waals surface area contributed by atoms with Crippen molar-refractivity contribution in [1.82, 2.24) is 0 Å². The number of halogens is 3. The number of Topliss-reactive ketones (excluding diaryl/α,β-unsaturated/α-hetero) is 1. The number of methoxy groups -OCH3 is 1. The topological polar surface area (TPSA) is 72.5 Å². The van der Waals surface area contributed by atoms with Crippen LogP contribution >= 0.6 is 0 Å². The molecule has 5 nitrogen and oxygen atoms in total. The Morgan fingerprint density at radius 2 is 2.04 bits per heavy atom. The first-order chi connectivity index (χ1) is 10.7. The molecular formula is C15H14F3NO4. The Balaban J connectivity index is 2.27. The van der Waals surface area contributed by atoms with E-state index in [4.69, 9.17) is 0 Å². The lowest BCUT2D eigenvalue weighted by molar-refractivity contribution is -0.171. The lowest BCUT2D eigenvalue weighted by Crippen LogP contribution is -2.27. The maximum atomic E-state index is 12.3. The Morgan fingerprint density at radius 3 is 2.65 bits per heavy atom. The number of alkyl halides is 3. The van der Waals surface area contributed by atoms with Gasteiger partial charge >= 0.3 is 12.1 Å². The Hall–Kier alpha value is -2.38. The van der Waals surface area contributed by atoms with E-state index in [1.165, 1.54) is 13.2 Å². The number of nitrogens with one attached hydrogen (secondary N) is 1. The van der Waals surface area contributed by atoms with E-state index in [0.717, 1.165) is 0 Å². The number of rotatable bonds is 4. The lowest BCUT2D eigenvalue weighted by Gasteiger charge is -2.27. The van der Waals surface area contributed by atoms with E-state index in [1.807, 2.05) is 0 Å². The van der Waals surface area contributed by atoms with E-state index in [0.29, 0.717) is 5.56 Å². The lowest BCUT2D eigenvalue weighted by atomic mass is 9.85. The van der Waals surface area contributed by atoms with Crippen LogP contribution in [0.4, 0.5) is 18.9 Å². The summed E-state index contributed by atoms with van der Waals surface area (Å²) >= 11 is 0. The first-order valence-corrected chi connectivity index (χ1v) is 6.85. The third-order valence-electron chi connectivity index (χ3n) is 3.67. The zero-order valence-electron chi connectivity index (χ0n) is 12.2. The number of carbonyl (C=O) groups is 3. The largest absolute Gasteiger partial charge is 0.465 e. The predicted molar refractivity (Wildman–Crippen MR) is 74.1 cm³/mol. The minimum absolute atomic E-state index is 0.0389. The number of ketones is 1. The van der Waals surface area contributed by atoms with E-state index < -0.39 is 36.2 Å². The average molecular weight is 329 g/mol. The number of ether oxygens (including phenoxy) is 1. The molecular weight excluding hydrogens is 315 g/mol. The van der Waals surface area contributed by atoms with Gasteiger partial charge in [-0.1, -0.05) is 12.1 Å². The second-order valence-electron chi connectivity index (χ2n) is 5.17. The number of anilines is 1. The molecule has 1 aromatic carbocycles. The van der Waals surface area contributed by atoms with E-state index in [-0.39, 0.29) is 24.1 Å². The number of fused-ring (bicyclic) bond motifs is 1. The van der Waals surface area contributed by atoms with E-state index >= 15 is 0 Å². The molecule has 1 aliphatic rings. The Morgan fingerprint density at radius 1 is 1.35 bits per heavy atom. The number of hydrogen-bond donors (Lipinski definition) is 1. The summed E-state index contributed by atoms with van der Waals surface area (Å²) < 4.78 is 41.5. The van der Waals surface area contributed by atoms with Gasteiger partial charge in [-0.2, -0.15) is 13.2 Å². The van der Waals surface area contributed by atoms with Crippen molar-refractivity contribution in [3.63, 3.8) is 0 Å². The maximum Gasteiger partial charge on any atom is 0.449 e. The second-order valence-corrected chi connectivity index (χ2v) is 5.17. The summed E-state index contributed by atoms with van der Waals surface area (Å²) in [6.07, 6.45) is -5.75. The van der Waals surface area contributed by atoms with Crippen molar-refractivity contribution in [2.75, 3.05) is 12.4 Å². The molecule has 1 atom stereocenters. The van der Waals surface area contributed by atoms with Gasteiger partial charge in [0.25, 0.3) is 0 Å². The van der Waals surface area contributed by atoms with Crippen LogP contribution in [0.1, 0.15) is 41.1 Å². The highest BCUT2D eigenvalue weighted by Gasteiger charge is 2.38. The van der Waals surface area contributed by atoms with Crippen LogP contribution in [0.2, 0.25) is 0 Å². The van der Waals surface area contributed by atoms with Crippen LogP contribution in [0.15, 0.2) is 18.2 Å². The van der Waals surface area contributed by atoms with Crippen molar-refractivity contribution < 1.29 is 32.3 Å². The molecule has 0 aliphatic carbocycles. The fourth-order valence-corrected chi connectivity index (χ4v) is 2.56. The highest BCUT2D eigenvalue weighted by atomic mass is 19.4. The highest BCUT2D eigenvalue weighted by Crippen LogP contribution is 2.38. The molecule has 1 unspecified atom stereocenters. The third-order valence-corrected chi connectivity index (χ3v) is 3.67. The second kappa shape index (κ2) is 6.39. The minimum atomic E-state index is -4.88. The molecule has 0 saturated heterocycles. The maximum absolute atomic E-state index is 12.3. The van der Waals surface area contributed by atoms with Crippen LogP contribution in [0.3, 0.4) is 0 Å². The van der Waals surface area contributed by atoms with Crippen molar-refractivity contribution in [1.29, 1.82) is 0 Å². The molecule has 0 aromatic heterocycles. The molecule has 1 aliphatic heterocycles. The van der Waals surface area contributed by atoms with Crippen molar-refractivity contribution in [2.24, 2.45) is 0 Å². The number of para-hydroxylation sites is 1. The molecule has 2 rings (SSSR count). The van der Waals surface area contributed by atoms with Crippen LogP contribution in [0.5, 0.6) is 0 Å². The summed E-state index contributed by atoms with van der Waals surface area (Å²) in [6.45, 7) is 0. The fourth-order valence-electron chi connectivity index (χ4n) is 2.56. The van der Waals surface area contributed by atoms with E-state index in [2.05, 4.69) is 10.1 Å². The molecule has 1 amide bonds. The number of hydrogen-bond acceptors (Lipinski definition) is 4. The normalized spacial score (nSPS) is 17.2. The molecule has 1 heterocycles. The first-order valence-electron chi connectivity index (χ1n) is 6.85. The predicted octanol–water partition coefficient (Wildman–Crippen LogP) is 2.81. The summed E-state index contributed by atoms with van der Waals surface area (Å²) in [5.74, 6) is -3.46. The zero-order valence-corrected chi connectivity index (χ0v) is 12.2. The molecule has 0 saturated carbocycles. The molecule has 0 bridgehead atoms. The van der Waals surface area contributed by atoms with Gasteiger partial charge in [0.1, 0.15) is 0 Å². The Labute approximate surface area is 129 Å². The summed E-state index contributed by atoms with van der Waals surface area (Å²) in [5.41, 5.74) is 0.896. The fraction of sp³-hybridized carbons (Fsp3) is 0.400. The Bertz CT molecular complexity index is 655. The van der Waals surface area contributed by atoms with Gasteiger partial charge < -0.3 is 10.1 Å². The SMILES string of the molecule is COC(=O)c1cccc2c1NC(=O)CC2CCC(=O)C(F)(F)F. The van der Waals surface area contributed by atoms with Crippen molar-refractivity contribution in [3.05, 3.63) is 29.3 Å². The number of benzene rings is 1. The third kappa shape index (κ3) is 3.69. The molecule has 0 spiro atoms. The van der Waals surface area contributed by atoms with Crippen LogP contribution in [0, 0.1) is 0 Å². The number of carbonyl (C=O) groups excluding carboxylic acids is 3. The van der Waals surface area contributed by atoms with E-state index in [9.17, 15) is 27.6 Å². The van der Waals surface area contributed by atoms with Crippen LogP contribution in [-0.2, 0) is 14.3 Å². The quantitative estimate of drug-likeness (QED) is 0.862. The van der Waals surface area contributed by atoms with Gasteiger partial charge in [-0.05, 0) is 24.0 Å². The molecule has 124 valence electrons. The van der Waals surface area contributed by atoms with Gasteiger partial charge in [0.05, 0.1) is 18.4 Å². The monoisotopic (exact) mass is 329 g/mol. The number of amides is 1. The van der Waals surface area contributed by atoms with Crippen molar-refractivity contribution in [3.8, 4) is 0 Å². The average Bonchev–Trinajstić information content (AvgIpc) is 2.49. The minimum Gasteiger partial charge on any atom is -0.465 e. The smallest absolute Gasteiger partial charge is 0.449 e. The zero-order chi connectivity index (χ0) is 17.2. The summed E-state index contributed by atoms with van der Waals surface area (Å²) in [7, 11) is 1.19. The van der Waals surface area contributed by atoms with Crippen LogP contribution in [0.25, 0.3) is 0 Å². The molecule has 1 aromatic rings. The Kier molecular flexibility index (Phi) is 4.72. The van der Waals surface area contributed by atoms with E-state index in [1.54, 1.807) is 12.1 Å². The van der Waals surface area contributed by atoms with Gasteiger partial charge in [0, 0.05) is 12.8 Å². The van der Waals surface area contributed by atoms with Crippen LogP contribution in [-0.4, -0.2) is 30.9 Å². The summed E-state index contributed by atoms with van der Waals surface area (Å²) in [5, 5.41) is 2.54. The molecule has 8 heteroatoms. The van der Waals surface area contributed by atoms with Gasteiger partial charge in [-0.25, -0.2) is 4.79 Å². The van der Waals surface area contributed by atoms with Crippen molar-refractivity contribution in [2.45, 2.75) is 31.4 Å². The number of esters is 1. The van der Waals surface area contributed by atoms with Gasteiger partial charge in [0.2, 0.25) is 11.7 Å². The van der Waals surface area contributed by atoms with Gasteiger partial charge in [0.15, 0.2) is 0 Å². The van der Waals surface area contributed by atoms with Crippen LogP contribution < -0.4 is 5.32 Å². The van der Waals surface area contributed by atoms with Gasteiger partial charge in [-0.15, -0.1) is 0 Å². The molecule has 23 heavy (non-hydrogen) atoms. The molecule has 0 radical (unpaired) electrons.